The molecule has 0 aliphatic carbocycles. The van der Waals surface area contributed by atoms with Crippen molar-refractivity contribution in [2.24, 2.45) is 5.14 Å². The average molecular weight is 432 g/mol. The third-order valence-corrected chi connectivity index (χ3v) is 6.26. The minimum Gasteiger partial charge on any atom is -0.497 e. The molecule has 0 aliphatic heterocycles. The highest BCUT2D eigenvalue weighted by Crippen LogP contribution is 2.27. The van der Waals surface area contributed by atoms with Crippen LogP contribution in [0.15, 0.2) is 58.8 Å². The first kappa shape index (κ1) is 21.0. The molecule has 0 bridgehead atoms. The topological polar surface area (TPSA) is 103 Å². The van der Waals surface area contributed by atoms with Gasteiger partial charge >= 0.3 is 0 Å². The summed E-state index contributed by atoms with van der Waals surface area (Å²) in [5.41, 5.74) is 2.05. The molecule has 29 heavy (non-hydrogen) atoms. The summed E-state index contributed by atoms with van der Waals surface area (Å²) in [5.74, 6) is 0.570. The van der Waals surface area contributed by atoms with E-state index in [4.69, 9.17) is 9.88 Å². The van der Waals surface area contributed by atoms with Crippen molar-refractivity contribution in [3.8, 4) is 16.3 Å². The lowest BCUT2D eigenvalue weighted by Crippen LogP contribution is -2.29. The highest BCUT2D eigenvalue weighted by atomic mass is 32.2. The number of hydrogen-bond acceptors (Lipinski definition) is 6. The summed E-state index contributed by atoms with van der Waals surface area (Å²) in [6.07, 6.45) is 0.120. The molecule has 3 aromatic rings. The maximum absolute atomic E-state index is 12.6. The Morgan fingerprint density at radius 3 is 2.69 bits per heavy atom. The van der Waals surface area contributed by atoms with Gasteiger partial charge in [0.1, 0.15) is 10.8 Å². The van der Waals surface area contributed by atoms with Gasteiger partial charge in [-0.15, -0.1) is 11.3 Å². The lowest BCUT2D eigenvalue weighted by Gasteiger charge is -2.18. The molecule has 1 amide bonds. The molecule has 0 saturated heterocycles. The largest absolute Gasteiger partial charge is 0.497 e. The summed E-state index contributed by atoms with van der Waals surface area (Å²) < 4.78 is 28.7. The van der Waals surface area contributed by atoms with E-state index < -0.39 is 10.0 Å². The predicted octanol–water partition coefficient (Wildman–Crippen LogP) is 2.67. The molecular formula is C20H21N3O4S2. The summed E-state index contributed by atoms with van der Waals surface area (Å²) in [4.78, 5) is 18.6. The zero-order valence-corrected chi connectivity index (χ0v) is 17.7. The van der Waals surface area contributed by atoms with Crippen LogP contribution in [-0.2, 0) is 27.8 Å². The van der Waals surface area contributed by atoms with E-state index in [-0.39, 0.29) is 23.8 Å². The average Bonchev–Trinajstić information content (AvgIpc) is 3.16. The Labute approximate surface area is 173 Å². The van der Waals surface area contributed by atoms with Crippen LogP contribution < -0.4 is 9.88 Å². The van der Waals surface area contributed by atoms with Crippen LogP contribution in [0.4, 0.5) is 0 Å². The maximum Gasteiger partial charge on any atom is 0.238 e. The van der Waals surface area contributed by atoms with Crippen molar-refractivity contribution < 1.29 is 17.9 Å². The van der Waals surface area contributed by atoms with Gasteiger partial charge in [-0.2, -0.15) is 0 Å². The second-order valence-corrected chi connectivity index (χ2v) is 8.84. The van der Waals surface area contributed by atoms with Crippen molar-refractivity contribution in [3.05, 3.63) is 65.2 Å². The monoisotopic (exact) mass is 431 g/mol. The standard InChI is InChI=1S/C20H21N3O4S2/c1-23(12-15-6-3-4-9-18(15)29(21,25)26)19(24)11-16-13-28-20(22-16)14-7-5-8-17(10-14)27-2/h3-10,13H,11-12H2,1-2H3,(H2,21,25,26). The SMILES string of the molecule is COc1cccc(-c2nc(CC(=O)N(C)Cc3ccccc3S(N)(=O)=O)cs2)c1. The Morgan fingerprint density at radius 2 is 1.97 bits per heavy atom. The molecule has 1 aromatic heterocycles. The van der Waals surface area contributed by atoms with Gasteiger partial charge in [0.25, 0.3) is 0 Å². The number of methoxy groups -OCH3 is 1. The molecule has 0 saturated carbocycles. The third kappa shape index (κ3) is 5.20. The molecule has 0 fully saturated rings. The summed E-state index contributed by atoms with van der Waals surface area (Å²) in [5, 5.41) is 7.91. The molecule has 152 valence electrons. The molecule has 0 atom stereocenters. The number of rotatable bonds is 7. The van der Waals surface area contributed by atoms with Gasteiger partial charge < -0.3 is 9.64 Å². The van der Waals surface area contributed by atoms with Crippen LogP contribution in [0.3, 0.4) is 0 Å². The van der Waals surface area contributed by atoms with Gasteiger partial charge in [-0.25, -0.2) is 18.5 Å². The summed E-state index contributed by atoms with van der Waals surface area (Å²) in [6, 6.07) is 14.0. The lowest BCUT2D eigenvalue weighted by atomic mass is 10.2. The minimum absolute atomic E-state index is 0.0219. The molecule has 9 heteroatoms. The first-order valence-corrected chi connectivity index (χ1v) is 11.1. The minimum atomic E-state index is -3.86. The number of nitrogens with zero attached hydrogens (tertiary/aromatic N) is 2. The number of hydrogen-bond donors (Lipinski definition) is 1. The smallest absolute Gasteiger partial charge is 0.238 e. The van der Waals surface area contributed by atoms with Crippen molar-refractivity contribution in [3.63, 3.8) is 0 Å². The number of amides is 1. The van der Waals surface area contributed by atoms with E-state index in [1.807, 2.05) is 29.6 Å². The quantitative estimate of drug-likeness (QED) is 0.620. The fourth-order valence-electron chi connectivity index (χ4n) is 2.82. The fourth-order valence-corrected chi connectivity index (χ4v) is 4.41. The maximum atomic E-state index is 12.6. The van der Waals surface area contributed by atoms with E-state index >= 15 is 0 Å². The first-order valence-electron chi connectivity index (χ1n) is 8.71. The highest BCUT2D eigenvalue weighted by Gasteiger charge is 2.18. The second kappa shape index (κ2) is 8.73. The Bertz CT molecular complexity index is 1130. The van der Waals surface area contributed by atoms with Crippen molar-refractivity contribution >= 4 is 27.3 Å². The fraction of sp³-hybridized carbons (Fsp3) is 0.200. The van der Waals surface area contributed by atoms with Gasteiger partial charge in [0.05, 0.1) is 24.1 Å². The van der Waals surface area contributed by atoms with Crippen LogP contribution in [0.25, 0.3) is 10.6 Å². The van der Waals surface area contributed by atoms with E-state index in [2.05, 4.69) is 4.98 Å². The number of aromatic nitrogens is 1. The Hall–Kier alpha value is -2.75. The van der Waals surface area contributed by atoms with Crippen molar-refractivity contribution in [2.45, 2.75) is 17.9 Å². The van der Waals surface area contributed by atoms with Crippen LogP contribution in [0.1, 0.15) is 11.3 Å². The number of carbonyl (C=O) groups excluding carboxylic acids is 1. The molecule has 0 unspecified atom stereocenters. The van der Waals surface area contributed by atoms with E-state index in [9.17, 15) is 13.2 Å². The van der Waals surface area contributed by atoms with E-state index in [0.29, 0.717) is 11.3 Å². The van der Waals surface area contributed by atoms with Gasteiger partial charge in [0, 0.05) is 24.5 Å². The highest BCUT2D eigenvalue weighted by molar-refractivity contribution is 7.89. The molecule has 2 N–H and O–H groups in total. The zero-order valence-electron chi connectivity index (χ0n) is 16.0. The van der Waals surface area contributed by atoms with Crippen LogP contribution in [-0.4, -0.2) is 38.4 Å². The molecule has 7 nitrogen and oxygen atoms in total. The molecule has 3 rings (SSSR count). The van der Waals surface area contributed by atoms with Crippen molar-refractivity contribution in [1.82, 2.24) is 9.88 Å². The molecule has 2 aromatic carbocycles. The molecule has 0 radical (unpaired) electrons. The number of carbonyl (C=O) groups is 1. The zero-order chi connectivity index (χ0) is 21.0. The van der Waals surface area contributed by atoms with Gasteiger partial charge in [-0.3, -0.25) is 4.79 Å². The van der Waals surface area contributed by atoms with Crippen LogP contribution in [0.2, 0.25) is 0 Å². The van der Waals surface area contributed by atoms with Crippen LogP contribution in [0.5, 0.6) is 5.75 Å². The van der Waals surface area contributed by atoms with E-state index in [0.717, 1.165) is 16.3 Å². The predicted molar refractivity (Wildman–Crippen MR) is 112 cm³/mol. The molecular weight excluding hydrogens is 410 g/mol. The summed E-state index contributed by atoms with van der Waals surface area (Å²) >= 11 is 1.45. The first-order chi connectivity index (χ1) is 13.8. The Balaban J connectivity index is 1.70. The summed E-state index contributed by atoms with van der Waals surface area (Å²) in [7, 11) is -0.627. The van der Waals surface area contributed by atoms with Gasteiger partial charge in [-0.05, 0) is 23.8 Å². The number of primary sulfonamides is 1. The molecule has 0 aliphatic rings. The number of nitrogens with two attached hydrogens (primary N) is 1. The molecule has 1 heterocycles. The normalized spacial score (nSPS) is 11.3. The Morgan fingerprint density at radius 1 is 1.21 bits per heavy atom. The second-order valence-electron chi connectivity index (χ2n) is 6.46. The van der Waals surface area contributed by atoms with Crippen LogP contribution >= 0.6 is 11.3 Å². The Kier molecular flexibility index (Phi) is 6.31. The number of benzene rings is 2. The van der Waals surface area contributed by atoms with Gasteiger partial charge in [-0.1, -0.05) is 30.3 Å². The van der Waals surface area contributed by atoms with Gasteiger partial charge in [0.2, 0.25) is 15.9 Å². The summed E-state index contributed by atoms with van der Waals surface area (Å²) in [6.45, 7) is 0.137. The van der Waals surface area contributed by atoms with Crippen LogP contribution in [0, 0.1) is 0 Å². The van der Waals surface area contributed by atoms with Gasteiger partial charge in [0.15, 0.2) is 0 Å². The van der Waals surface area contributed by atoms with Crippen molar-refractivity contribution in [1.29, 1.82) is 0 Å². The van der Waals surface area contributed by atoms with E-state index in [1.54, 1.807) is 32.4 Å². The number of sulfonamides is 1. The number of ether oxygens (including phenoxy) is 1. The number of thiazole rings is 1. The third-order valence-electron chi connectivity index (χ3n) is 4.31. The van der Waals surface area contributed by atoms with E-state index in [1.165, 1.54) is 22.3 Å². The number of likely N-dealkylation sites (N-methyl/N-ethyl adjacent to an activating group) is 1. The molecule has 0 spiro atoms. The lowest BCUT2D eigenvalue weighted by molar-refractivity contribution is -0.129. The van der Waals surface area contributed by atoms with Crippen molar-refractivity contribution in [2.75, 3.05) is 14.2 Å².